The Labute approximate surface area is 113 Å². The Morgan fingerprint density at radius 2 is 2.33 bits per heavy atom. The molecule has 102 valence electrons. The third kappa shape index (κ3) is 3.72. The summed E-state index contributed by atoms with van der Waals surface area (Å²) in [7, 11) is 0. The number of rotatable bonds is 5. The first kappa shape index (κ1) is 13.9. The van der Waals surface area contributed by atoms with E-state index in [2.05, 4.69) is 24.0 Å². The Hall–Kier alpha value is -0.550. The van der Waals surface area contributed by atoms with Crippen LogP contribution in [-0.2, 0) is 5.75 Å². The van der Waals surface area contributed by atoms with Crippen molar-refractivity contribution in [1.82, 2.24) is 10.1 Å². The van der Waals surface area contributed by atoms with Gasteiger partial charge in [0.25, 0.3) is 0 Å². The van der Waals surface area contributed by atoms with Crippen LogP contribution in [0.5, 0.6) is 0 Å². The van der Waals surface area contributed by atoms with Gasteiger partial charge in [0.2, 0.25) is 5.89 Å². The Morgan fingerprint density at radius 1 is 1.50 bits per heavy atom. The van der Waals surface area contributed by atoms with Gasteiger partial charge >= 0.3 is 0 Å². The molecule has 2 rings (SSSR count). The van der Waals surface area contributed by atoms with Gasteiger partial charge in [0.1, 0.15) is 0 Å². The maximum absolute atomic E-state index is 9.66. The highest BCUT2D eigenvalue weighted by Crippen LogP contribution is 2.32. The van der Waals surface area contributed by atoms with Crippen molar-refractivity contribution in [3.63, 3.8) is 0 Å². The van der Waals surface area contributed by atoms with Crippen LogP contribution in [0.1, 0.15) is 63.6 Å². The highest BCUT2D eigenvalue weighted by molar-refractivity contribution is 7.99. The van der Waals surface area contributed by atoms with E-state index in [1.54, 1.807) is 0 Å². The van der Waals surface area contributed by atoms with Crippen LogP contribution in [0, 0.1) is 0 Å². The van der Waals surface area contributed by atoms with Gasteiger partial charge in [-0.2, -0.15) is 16.7 Å². The summed E-state index contributed by atoms with van der Waals surface area (Å²) in [4.78, 5) is 4.46. The third-order valence-electron chi connectivity index (χ3n) is 3.55. The van der Waals surface area contributed by atoms with E-state index in [0.717, 1.165) is 43.7 Å². The average molecular weight is 270 g/mol. The first-order chi connectivity index (χ1) is 8.69. The molecule has 1 fully saturated rings. The number of aromatic nitrogens is 2. The van der Waals surface area contributed by atoms with Crippen LogP contribution in [0.3, 0.4) is 0 Å². The smallest absolute Gasteiger partial charge is 0.229 e. The lowest BCUT2D eigenvalue weighted by Crippen LogP contribution is -2.18. The molecule has 0 amide bonds. The lowest BCUT2D eigenvalue weighted by atomic mass is 9.87. The number of aliphatic hydroxyl groups excluding tert-OH is 1. The van der Waals surface area contributed by atoms with Crippen LogP contribution in [0.15, 0.2) is 4.52 Å². The normalized spacial score (nSPS) is 26.2. The molecular weight excluding hydrogens is 248 g/mol. The van der Waals surface area contributed by atoms with Gasteiger partial charge in [0.05, 0.1) is 11.9 Å². The van der Waals surface area contributed by atoms with Gasteiger partial charge in [0.15, 0.2) is 5.82 Å². The fraction of sp³-hybridized carbons (Fsp3) is 0.846. The van der Waals surface area contributed by atoms with E-state index in [-0.39, 0.29) is 12.0 Å². The number of thioether (sulfide) groups is 1. The highest BCUT2D eigenvalue weighted by atomic mass is 32.2. The van der Waals surface area contributed by atoms with Gasteiger partial charge in [-0.05, 0) is 25.7 Å². The minimum atomic E-state index is -0.200. The van der Waals surface area contributed by atoms with E-state index in [4.69, 9.17) is 4.52 Å². The molecule has 18 heavy (non-hydrogen) atoms. The second kappa shape index (κ2) is 6.57. The molecule has 0 bridgehead atoms. The monoisotopic (exact) mass is 270 g/mol. The topological polar surface area (TPSA) is 59.2 Å². The van der Waals surface area contributed by atoms with Crippen molar-refractivity contribution in [2.45, 2.75) is 69.0 Å². The summed E-state index contributed by atoms with van der Waals surface area (Å²) >= 11 is 1.86. The van der Waals surface area contributed by atoms with Crippen molar-refractivity contribution < 1.29 is 9.63 Å². The summed E-state index contributed by atoms with van der Waals surface area (Å²) in [5.74, 6) is 2.57. The molecule has 5 heteroatoms. The van der Waals surface area contributed by atoms with E-state index in [0.29, 0.717) is 11.1 Å². The first-order valence-electron chi connectivity index (χ1n) is 6.81. The standard InChI is InChI=1S/C13H22N2O2S/c1-3-9(2)18-8-12-14-13(17-15-12)10-5-4-6-11(16)7-10/h9-11,16H,3-8H2,1-2H3. The quantitative estimate of drug-likeness (QED) is 0.890. The first-order valence-corrected chi connectivity index (χ1v) is 7.86. The lowest BCUT2D eigenvalue weighted by molar-refractivity contribution is 0.111. The van der Waals surface area contributed by atoms with Gasteiger partial charge < -0.3 is 9.63 Å². The maximum Gasteiger partial charge on any atom is 0.229 e. The SMILES string of the molecule is CCC(C)SCc1noc(C2CCCC(O)C2)n1. The Balaban J connectivity index is 1.89. The molecule has 0 spiro atoms. The summed E-state index contributed by atoms with van der Waals surface area (Å²) in [5, 5.41) is 14.3. The molecule has 0 aliphatic heterocycles. The van der Waals surface area contributed by atoms with Gasteiger partial charge in [-0.3, -0.25) is 0 Å². The second-order valence-electron chi connectivity index (χ2n) is 5.10. The molecule has 3 unspecified atom stereocenters. The summed E-state index contributed by atoms with van der Waals surface area (Å²) in [6.07, 6.45) is 4.72. The number of aliphatic hydroxyl groups is 1. The van der Waals surface area contributed by atoms with E-state index in [1.165, 1.54) is 0 Å². The molecule has 4 nitrogen and oxygen atoms in total. The van der Waals surface area contributed by atoms with E-state index < -0.39 is 0 Å². The number of hydrogen-bond donors (Lipinski definition) is 1. The van der Waals surface area contributed by atoms with Crippen LogP contribution in [-0.4, -0.2) is 26.6 Å². The van der Waals surface area contributed by atoms with E-state index >= 15 is 0 Å². The molecule has 0 saturated heterocycles. The zero-order valence-electron chi connectivity index (χ0n) is 11.1. The van der Waals surface area contributed by atoms with E-state index in [9.17, 15) is 5.11 Å². The minimum Gasteiger partial charge on any atom is -0.393 e. The molecule has 1 aliphatic rings. The zero-order valence-corrected chi connectivity index (χ0v) is 11.9. The van der Waals surface area contributed by atoms with Crippen LogP contribution in [0.25, 0.3) is 0 Å². The average Bonchev–Trinajstić information content (AvgIpc) is 2.84. The van der Waals surface area contributed by atoms with Gasteiger partial charge in [0, 0.05) is 11.2 Å². The van der Waals surface area contributed by atoms with Gasteiger partial charge in [-0.25, -0.2) is 0 Å². The number of hydrogen-bond acceptors (Lipinski definition) is 5. The Bertz CT molecular complexity index is 370. The molecule has 1 saturated carbocycles. The third-order valence-corrected chi connectivity index (χ3v) is 4.88. The molecule has 1 N–H and O–H groups in total. The molecule has 1 aromatic heterocycles. The van der Waals surface area contributed by atoms with Crippen molar-refractivity contribution in [1.29, 1.82) is 0 Å². The van der Waals surface area contributed by atoms with Crippen molar-refractivity contribution in [2.24, 2.45) is 0 Å². The predicted molar refractivity (Wildman–Crippen MR) is 72.6 cm³/mol. The molecule has 0 aromatic carbocycles. The zero-order chi connectivity index (χ0) is 13.0. The highest BCUT2D eigenvalue weighted by Gasteiger charge is 2.26. The van der Waals surface area contributed by atoms with E-state index in [1.807, 2.05) is 11.8 Å². The van der Waals surface area contributed by atoms with Crippen molar-refractivity contribution in [3.8, 4) is 0 Å². The van der Waals surface area contributed by atoms with Crippen molar-refractivity contribution >= 4 is 11.8 Å². The van der Waals surface area contributed by atoms with Gasteiger partial charge in [-0.1, -0.05) is 25.4 Å². The summed E-state index contributed by atoms with van der Waals surface area (Å²) < 4.78 is 5.33. The number of nitrogens with zero attached hydrogens (tertiary/aromatic N) is 2. The second-order valence-corrected chi connectivity index (χ2v) is 6.52. The molecule has 1 aliphatic carbocycles. The van der Waals surface area contributed by atoms with Crippen molar-refractivity contribution in [3.05, 3.63) is 11.7 Å². The lowest BCUT2D eigenvalue weighted by Gasteiger charge is -2.22. The summed E-state index contributed by atoms with van der Waals surface area (Å²) in [6.45, 7) is 4.39. The molecule has 3 atom stereocenters. The maximum atomic E-state index is 9.66. The largest absolute Gasteiger partial charge is 0.393 e. The van der Waals surface area contributed by atoms with Crippen LogP contribution in [0.2, 0.25) is 0 Å². The Morgan fingerprint density at radius 3 is 3.06 bits per heavy atom. The predicted octanol–water partition coefficient (Wildman–Crippen LogP) is 3.12. The fourth-order valence-corrected chi connectivity index (χ4v) is 3.00. The van der Waals surface area contributed by atoms with Gasteiger partial charge in [-0.15, -0.1) is 0 Å². The molecule has 0 radical (unpaired) electrons. The van der Waals surface area contributed by atoms with Crippen LogP contribution < -0.4 is 0 Å². The summed E-state index contributed by atoms with van der Waals surface area (Å²) in [6, 6.07) is 0. The minimum absolute atomic E-state index is 0.200. The molecular formula is C13H22N2O2S. The van der Waals surface area contributed by atoms with Crippen molar-refractivity contribution in [2.75, 3.05) is 0 Å². The molecule has 1 aromatic rings. The fourth-order valence-electron chi connectivity index (χ4n) is 2.21. The van der Waals surface area contributed by atoms with Crippen LogP contribution >= 0.6 is 11.8 Å². The molecule has 1 heterocycles. The Kier molecular flexibility index (Phi) is 5.06. The van der Waals surface area contributed by atoms with Crippen LogP contribution in [0.4, 0.5) is 0 Å². The summed E-state index contributed by atoms with van der Waals surface area (Å²) in [5.41, 5.74) is 0.